The van der Waals surface area contributed by atoms with Crippen molar-refractivity contribution in [3.63, 3.8) is 0 Å². The zero-order valence-corrected chi connectivity index (χ0v) is 20.3. The van der Waals surface area contributed by atoms with Gasteiger partial charge >= 0.3 is 0 Å². The molecule has 190 valence electrons. The minimum absolute atomic E-state index is 0.000162. The minimum atomic E-state index is -0.456. The average Bonchev–Trinajstić information content (AvgIpc) is 3.57. The number of carbonyl (C=O) groups is 1. The molecule has 9 nitrogen and oxygen atoms in total. The van der Waals surface area contributed by atoms with Gasteiger partial charge in [-0.25, -0.2) is 0 Å². The molecule has 0 atom stereocenters. The molecule has 2 aromatic heterocycles. The van der Waals surface area contributed by atoms with E-state index in [1.54, 1.807) is 60.7 Å². The molecule has 4 aromatic rings. The van der Waals surface area contributed by atoms with E-state index in [0.717, 1.165) is 0 Å². The van der Waals surface area contributed by atoms with E-state index in [-0.39, 0.29) is 23.1 Å². The Hall–Kier alpha value is -5.05. The summed E-state index contributed by atoms with van der Waals surface area (Å²) >= 11 is 0. The van der Waals surface area contributed by atoms with E-state index >= 15 is 0 Å². The zero-order valence-electron chi connectivity index (χ0n) is 20.3. The molecule has 1 saturated carbocycles. The summed E-state index contributed by atoms with van der Waals surface area (Å²) in [5.74, 6) is 2.30. The topological polar surface area (TPSA) is 130 Å². The van der Waals surface area contributed by atoms with Crippen LogP contribution in [0.25, 0.3) is 34.8 Å². The number of ketones is 1. The van der Waals surface area contributed by atoms with Crippen LogP contribution in [-0.4, -0.2) is 15.6 Å². The lowest BCUT2D eigenvalue weighted by atomic mass is 9.81. The summed E-state index contributed by atoms with van der Waals surface area (Å²) in [4.78, 5) is 34.1. The van der Waals surface area contributed by atoms with Crippen LogP contribution in [0, 0.1) is 26.1 Å². The quantitative estimate of drug-likeness (QED) is 0.149. The van der Waals surface area contributed by atoms with Crippen molar-refractivity contribution in [3.8, 4) is 22.6 Å². The maximum absolute atomic E-state index is 13.3. The van der Waals surface area contributed by atoms with E-state index in [2.05, 4.69) is 6.92 Å². The second-order valence-electron chi connectivity index (χ2n) is 9.19. The molecule has 9 heteroatoms. The van der Waals surface area contributed by atoms with Gasteiger partial charge in [0.05, 0.1) is 9.85 Å². The number of benzene rings is 2. The van der Waals surface area contributed by atoms with E-state index in [1.165, 1.54) is 24.3 Å². The summed E-state index contributed by atoms with van der Waals surface area (Å²) in [6.45, 7) is 2.07. The molecule has 1 aliphatic carbocycles. The maximum Gasteiger partial charge on any atom is 0.269 e. The highest BCUT2D eigenvalue weighted by Gasteiger charge is 2.26. The minimum Gasteiger partial charge on any atom is -0.457 e. The maximum atomic E-state index is 13.3. The van der Waals surface area contributed by atoms with Gasteiger partial charge in [-0.05, 0) is 79.4 Å². The molecule has 5 rings (SSSR count). The Labute approximate surface area is 217 Å². The summed E-state index contributed by atoms with van der Waals surface area (Å²) in [5, 5.41) is 21.8. The highest BCUT2D eigenvalue weighted by molar-refractivity contribution is 6.13. The Bertz CT molecular complexity index is 1470. The Morgan fingerprint density at radius 3 is 1.45 bits per heavy atom. The van der Waals surface area contributed by atoms with Gasteiger partial charge in [-0.1, -0.05) is 6.92 Å². The SMILES string of the molecule is CC1C/C(=C\c2ccc(-c3ccc([N+](=O)[O-])cc3)o2)C(=O)/C(=C/c2ccc(-c3ccc([N+](=O)[O-])cc3)o2)C1. The number of carbonyl (C=O) groups excluding carboxylic acids is 1. The van der Waals surface area contributed by atoms with Gasteiger partial charge < -0.3 is 8.83 Å². The van der Waals surface area contributed by atoms with Crippen LogP contribution in [0.3, 0.4) is 0 Å². The van der Waals surface area contributed by atoms with Crippen LogP contribution in [0.5, 0.6) is 0 Å². The molecule has 0 unspecified atom stereocenters. The second kappa shape index (κ2) is 10.1. The lowest BCUT2D eigenvalue weighted by Gasteiger charge is -2.22. The monoisotopic (exact) mass is 510 g/mol. The largest absolute Gasteiger partial charge is 0.457 e. The van der Waals surface area contributed by atoms with Gasteiger partial charge in [-0.15, -0.1) is 0 Å². The van der Waals surface area contributed by atoms with Gasteiger partial charge in [0.2, 0.25) is 0 Å². The van der Waals surface area contributed by atoms with Crippen molar-refractivity contribution in [2.75, 3.05) is 0 Å². The summed E-state index contributed by atoms with van der Waals surface area (Å²) in [7, 11) is 0. The lowest BCUT2D eigenvalue weighted by Crippen LogP contribution is -2.18. The Balaban J connectivity index is 1.35. The fourth-order valence-electron chi connectivity index (χ4n) is 4.47. The molecule has 2 aromatic carbocycles. The predicted molar refractivity (Wildman–Crippen MR) is 141 cm³/mol. The predicted octanol–water partition coefficient (Wildman–Crippen LogP) is 7.49. The summed E-state index contributed by atoms with van der Waals surface area (Å²) in [6, 6.07) is 19.2. The number of hydrogen-bond donors (Lipinski definition) is 0. The van der Waals surface area contributed by atoms with Crippen LogP contribution in [0.15, 0.2) is 92.8 Å². The van der Waals surface area contributed by atoms with Crippen LogP contribution < -0.4 is 0 Å². The first-order chi connectivity index (χ1) is 18.3. The van der Waals surface area contributed by atoms with Crippen LogP contribution in [-0.2, 0) is 4.79 Å². The first-order valence-electron chi connectivity index (χ1n) is 11.9. The standard InChI is InChI=1S/C29H22N2O7/c1-18-14-21(16-25-10-12-27(37-25)19-2-6-23(7-3-19)30(33)34)29(32)22(15-18)17-26-11-13-28(38-26)20-4-8-24(9-5-20)31(35)36/h2-13,16-18H,14-15H2,1H3/b21-16+,22-17+. The van der Waals surface area contributed by atoms with Crippen molar-refractivity contribution in [1.82, 2.24) is 0 Å². The third-order valence-corrected chi connectivity index (χ3v) is 6.33. The first-order valence-corrected chi connectivity index (χ1v) is 11.9. The average molecular weight is 511 g/mol. The summed E-state index contributed by atoms with van der Waals surface area (Å²) in [5.41, 5.74) is 2.65. The van der Waals surface area contributed by atoms with Gasteiger partial charge in [-0.3, -0.25) is 25.0 Å². The zero-order chi connectivity index (χ0) is 26.8. The normalized spacial score (nSPS) is 17.7. The van der Waals surface area contributed by atoms with Gasteiger partial charge in [0.25, 0.3) is 11.4 Å². The fraction of sp³-hybridized carbons (Fsp3) is 0.138. The fourth-order valence-corrected chi connectivity index (χ4v) is 4.47. The molecule has 2 heterocycles. The van der Waals surface area contributed by atoms with Crippen LogP contribution in [0.1, 0.15) is 31.3 Å². The number of hydrogen-bond acceptors (Lipinski definition) is 7. The number of rotatable bonds is 6. The Morgan fingerprint density at radius 1 is 0.684 bits per heavy atom. The number of nitrogens with zero attached hydrogens (tertiary/aromatic N) is 2. The van der Waals surface area contributed by atoms with Gasteiger partial charge in [-0.2, -0.15) is 0 Å². The van der Waals surface area contributed by atoms with Gasteiger partial charge in [0, 0.05) is 46.5 Å². The van der Waals surface area contributed by atoms with E-state index in [9.17, 15) is 25.0 Å². The van der Waals surface area contributed by atoms with Crippen molar-refractivity contribution in [3.05, 3.63) is 116 Å². The van der Waals surface area contributed by atoms with Crippen molar-refractivity contribution >= 4 is 29.3 Å². The van der Waals surface area contributed by atoms with Crippen molar-refractivity contribution in [2.24, 2.45) is 5.92 Å². The Morgan fingerprint density at radius 2 is 1.08 bits per heavy atom. The van der Waals surface area contributed by atoms with E-state index in [0.29, 0.717) is 58.2 Å². The number of nitro benzene ring substituents is 2. The summed E-state index contributed by atoms with van der Waals surface area (Å²) in [6.07, 6.45) is 4.70. The van der Waals surface area contributed by atoms with E-state index in [4.69, 9.17) is 8.83 Å². The smallest absolute Gasteiger partial charge is 0.269 e. The lowest BCUT2D eigenvalue weighted by molar-refractivity contribution is -0.385. The highest BCUT2D eigenvalue weighted by atomic mass is 16.6. The van der Waals surface area contributed by atoms with Crippen LogP contribution >= 0.6 is 0 Å². The van der Waals surface area contributed by atoms with Gasteiger partial charge in [0.1, 0.15) is 23.0 Å². The molecule has 1 aliphatic rings. The van der Waals surface area contributed by atoms with Crippen molar-refractivity contribution < 1.29 is 23.5 Å². The summed E-state index contributed by atoms with van der Waals surface area (Å²) < 4.78 is 11.8. The van der Waals surface area contributed by atoms with Gasteiger partial charge in [0.15, 0.2) is 5.78 Å². The molecule has 38 heavy (non-hydrogen) atoms. The molecular formula is C29H22N2O7. The molecular weight excluding hydrogens is 488 g/mol. The molecule has 0 aliphatic heterocycles. The van der Waals surface area contributed by atoms with Crippen LogP contribution in [0.2, 0.25) is 0 Å². The first kappa shape index (κ1) is 24.6. The third-order valence-electron chi connectivity index (χ3n) is 6.33. The number of non-ortho nitro benzene ring substituents is 2. The van der Waals surface area contributed by atoms with E-state index < -0.39 is 9.85 Å². The number of Topliss-reactive ketones (excluding diaryl/α,β-unsaturated/α-hetero) is 1. The number of nitro groups is 2. The number of allylic oxidation sites excluding steroid dienone is 2. The van der Waals surface area contributed by atoms with E-state index in [1.807, 2.05) is 0 Å². The Kier molecular flexibility index (Phi) is 6.57. The molecule has 0 bridgehead atoms. The van der Waals surface area contributed by atoms with Crippen LogP contribution in [0.4, 0.5) is 11.4 Å². The molecule has 0 N–H and O–H groups in total. The molecule has 0 amide bonds. The molecule has 0 spiro atoms. The second-order valence-corrected chi connectivity index (χ2v) is 9.19. The third kappa shape index (κ3) is 5.22. The molecule has 1 fully saturated rings. The highest BCUT2D eigenvalue weighted by Crippen LogP contribution is 2.34. The van der Waals surface area contributed by atoms with Crippen molar-refractivity contribution in [2.45, 2.75) is 19.8 Å². The molecule has 0 saturated heterocycles. The number of furan rings is 2. The molecule has 0 radical (unpaired) electrons. The van der Waals surface area contributed by atoms with Crippen molar-refractivity contribution in [1.29, 1.82) is 0 Å².